The van der Waals surface area contributed by atoms with Crippen molar-refractivity contribution < 1.29 is 0 Å². The van der Waals surface area contributed by atoms with Crippen LogP contribution in [0.25, 0.3) is 11.2 Å². The van der Waals surface area contributed by atoms with Gasteiger partial charge in [0.25, 0.3) is 0 Å². The fraction of sp³-hybridized carbons (Fsp3) is 0.571. The normalized spacial score (nSPS) is 17.2. The molecule has 4 nitrogen and oxygen atoms in total. The SMILES string of the molecule is CCc1nc2cc(Br)cnc2n1CC1CCNCC1. The molecular formula is C14H19BrN4. The quantitative estimate of drug-likeness (QED) is 0.944. The fourth-order valence-electron chi connectivity index (χ4n) is 2.82. The Hall–Kier alpha value is -0.940. The third-order valence-corrected chi connectivity index (χ3v) is 4.28. The zero-order chi connectivity index (χ0) is 13.2. The fourth-order valence-corrected chi connectivity index (χ4v) is 3.14. The van der Waals surface area contributed by atoms with Crippen molar-refractivity contribution in [2.45, 2.75) is 32.7 Å². The van der Waals surface area contributed by atoms with Gasteiger partial charge in [-0.15, -0.1) is 0 Å². The van der Waals surface area contributed by atoms with Crippen LogP contribution in [0.2, 0.25) is 0 Å². The van der Waals surface area contributed by atoms with Gasteiger partial charge in [0.15, 0.2) is 5.65 Å². The van der Waals surface area contributed by atoms with Crippen LogP contribution in [0.1, 0.15) is 25.6 Å². The molecule has 1 aliphatic rings. The summed E-state index contributed by atoms with van der Waals surface area (Å²) in [4.78, 5) is 9.27. The maximum Gasteiger partial charge on any atom is 0.160 e. The molecule has 19 heavy (non-hydrogen) atoms. The predicted octanol–water partition coefficient (Wildman–Crippen LogP) is 2.76. The number of fused-ring (bicyclic) bond motifs is 1. The van der Waals surface area contributed by atoms with Crippen molar-refractivity contribution in [2.24, 2.45) is 5.92 Å². The van der Waals surface area contributed by atoms with E-state index in [1.54, 1.807) is 0 Å². The Morgan fingerprint density at radius 3 is 2.95 bits per heavy atom. The summed E-state index contributed by atoms with van der Waals surface area (Å²) in [7, 11) is 0. The summed E-state index contributed by atoms with van der Waals surface area (Å²) in [5.74, 6) is 1.90. The first kappa shape index (κ1) is 13.1. The Morgan fingerprint density at radius 1 is 1.42 bits per heavy atom. The lowest BCUT2D eigenvalue weighted by molar-refractivity contribution is 0.332. The van der Waals surface area contributed by atoms with E-state index in [4.69, 9.17) is 4.98 Å². The van der Waals surface area contributed by atoms with Gasteiger partial charge in [-0.05, 0) is 53.8 Å². The van der Waals surface area contributed by atoms with Crippen LogP contribution < -0.4 is 5.32 Å². The molecule has 0 atom stereocenters. The van der Waals surface area contributed by atoms with Crippen molar-refractivity contribution in [2.75, 3.05) is 13.1 Å². The van der Waals surface area contributed by atoms with E-state index in [1.165, 1.54) is 12.8 Å². The maximum atomic E-state index is 4.71. The van der Waals surface area contributed by atoms with Crippen molar-refractivity contribution in [3.63, 3.8) is 0 Å². The summed E-state index contributed by atoms with van der Waals surface area (Å²) >= 11 is 3.47. The Labute approximate surface area is 121 Å². The van der Waals surface area contributed by atoms with Gasteiger partial charge in [-0.25, -0.2) is 9.97 Å². The standard InChI is InChI=1S/C14H19BrN4/c1-2-13-18-12-7-11(15)8-17-14(12)19(13)9-10-3-5-16-6-4-10/h7-8,10,16H,2-6,9H2,1H3. The van der Waals surface area contributed by atoms with Crippen molar-refractivity contribution in [3.8, 4) is 0 Å². The number of halogens is 1. The average molecular weight is 323 g/mol. The lowest BCUT2D eigenvalue weighted by Gasteiger charge is -2.23. The predicted molar refractivity (Wildman–Crippen MR) is 80.2 cm³/mol. The van der Waals surface area contributed by atoms with Crippen LogP contribution in [-0.2, 0) is 13.0 Å². The number of rotatable bonds is 3. The number of aromatic nitrogens is 3. The van der Waals surface area contributed by atoms with Crippen molar-refractivity contribution >= 4 is 27.1 Å². The van der Waals surface area contributed by atoms with E-state index in [9.17, 15) is 0 Å². The summed E-state index contributed by atoms with van der Waals surface area (Å²) in [6, 6.07) is 2.06. The molecule has 0 spiro atoms. The lowest BCUT2D eigenvalue weighted by atomic mass is 9.98. The van der Waals surface area contributed by atoms with Gasteiger partial charge in [-0.1, -0.05) is 6.92 Å². The number of imidazole rings is 1. The van der Waals surface area contributed by atoms with Crippen molar-refractivity contribution in [3.05, 3.63) is 22.6 Å². The number of nitrogens with zero attached hydrogens (tertiary/aromatic N) is 3. The van der Waals surface area contributed by atoms with Gasteiger partial charge >= 0.3 is 0 Å². The van der Waals surface area contributed by atoms with Crippen LogP contribution in [0.15, 0.2) is 16.7 Å². The van der Waals surface area contributed by atoms with Crippen molar-refractivity contribution in [1.82, 2.24) is 19.9 Å². The van der Waals surface area contributed by atoms with E-state index in [0.29, 0.717) is 0 Å². The van der Waals surface area contributed by atoms with E-state index >= 15 is 0 Å². The number of nitrogens with one attached hydrogen (secondary N) is 1. The van der Waals surface area contributed by atoms with Gasteiger partial charge in [0, 0.05) is 23.6 Å². The van der Waals surface area contributed by atoms with Gasteiger partial charge in [0.05, 0.1) is 0 Å². The largest absolute Gasteiger partial charge is 0.317 e. The summed E-state index contributed by atoms with van der Waals surface area (Å²) in [5, 5.41) is 3.42. The highest BCUT2D eigenvalue weighted by atomic mass is 79.9. The lowest BCUT2D eigenvalue weighted by Crippen LogP contribution is -2.30. The van der Waals surface area contributed by atoms with Crippen LogP contribution in [0.4, 0.5) is 0 Å². The van der Waals surface area contributed by atoms with Gasteiger partial charge in [0.1, 0.15) is 11.3 Å². The molecule has 1 N–H and O–H groups in total. The Kier molecular flexibility index (Phi) is 3.84. The van der Waals surface area contributed by atoms with Crippen molar-refractivity contribution in [1.29, 1.82) is 0 Å². The molecule has 2 aromatic rings. The summed E-state index contributed by atoms with van der Waals surface area (Å²) < 4.78 is 3.31. The van der Waals surface area contributed by atoms with E-state index in [1.807, 2.05) is 6.20 Å². The molecule has 2 aromatic heterocycles. The highest BCUT2D eigenvalue weighted by Crippen LogP contribution is 2.22. The molecule has 0 bridgehead atoms. The van der Waals surface area contributed by atoms with E-state index in [-0.39, 0.29) is 0 Å². The minimum absolute atomic E-state index is 0.745. The van der Waals surface area contributed by atoms with E-state index in [2.05, 4.69) is 43.8 Å². The number of piperidine rings is 1. The number of hydrogen-bond donors (Lipinski definition) is 1. The molecule has 1 saturated heterocycles. The zero-order valence-corrected chi connectivity index (χ0v) is 12.8. The second kappa shape index (κ2) is 5.59. The van der Waals surface area contributed by atoms with Gasteiger partial charge in [-0.2, -0.15) is 0 Å². The average Bonchev–Trinajstić information content (AvgIpc) is 2.77. The first-order valence-electron chi connectivity index (χ1n) is 6.99. The highest BCUT2D eigenvalue weighted by Gasteiger charge is 2.18. The number of pyridine rings is 1. The smallest absolute Gasteiger partial charge is 0.160 e. The molecule has 102 valence electrons. The molecule has 1 fully saturated rings. The topological polar surface area (TPSA) is 42.7 Å². The van der Waals surface area contributed by atoms with Crippen LogP contribution in [0.5, 0.6) is 0 Å². The van der Waals surface area contributed by atoms with Crippen LogP contribution in [0.3, 0.4) is 0 Å². The molecule has 3 rings (SSSR count). The van der Waals surface area contributed by atoms with E-state index < -0.39 is 0 Å². The second-order valence-corrected chi connectivity index (χ2v) is 6.10. The Morgan fingerprint density at radius 2 is 2.21 bits per heavy atom. The highest BCUT2D eigenvalue weighted by molar-refractivity contribution is 9.10. The molecule has 0 amide bonds. The summed E-state index contributed by atoms with van der Waals surface area (Å²) in [5.41, 5.74) is 2.03. The third kappa shape index (κ3) is 2.67. The molecule has 1 aliphatic heterocycles. The molecule has 5 heteroatoms. The molecule has 0 saturated carbocycles. The summed E-state index contributed by atoms with van der Waals surface area (Å²) in [6.45, 7) is 5.49. The first-order chi connectivity index (χ1) is 9.28. The minimum atomic E-state index is 0.745. The van der Waals surface area contributed by atoms with Gasteiger partial charge in [-0.3, -0.25) is 0 Å². The molecule has 3 heterocycles. The van der Waals surface area contributed by atoms with Gasteiger partial charge in [0.2, 0.25) is 0 Å². The molecule has 0 unspecified atom stereocenters. The second-order valence-electron chi connectivity index (χ2n) is 5.18. The maximum absolute atomic E-state index is 4.71. The first-order valence-corrected chi connectivity index (χ1v) is 7.78. The summed E-state index contributed by atoms with van der Waals surface area (Å²) in [6.07, 6.45) is 5.32. The number of aryl methyl sites for hydroxylation is 1. The Balaban J connectivity index is 1.95. The van der Waals surface area contributed by atoms with Gasteiger partial charge < -0.3 is 9.88 Å². The van der Waals surface area contributed by atoms with Crippen LogP contribution >= 0.6 is 15.9 Å². The molecule has 0 radical (unpaired) electrons. The monoisotopic (exact) mass is 322 g/mol. The zero-order valence-electron chi connectivity index (χ0n) is 11.2. The minimum Gasteiger partial charge on any atom is -0.317 e. The molecular weight excluding hydrogens is 304 g/mol. The number of hydrogen-bond acceptors (Lipinski definition) is 3. The van der Waals surface area contributed by atoms with Crippen LogP contribution in [0, 0.1) is 5.92 Å². The Bertz CT molecular complexity index is 572. The third-order valence-electron chi connectivity index (χ3n) is 3.85. The van der Waals surface area contributed by atoms with E-state index in [0.717, 1.165) is 53.4 Å². The molecule has 0 aliphatic carbocycles. The molecule has 0 aromatic carbocycles. The van der Waals surface area contributed by atoms with Crippen LogP contribution in [-0.4, -0.2) is 27.6 Å².